The Labute approximate surface area is 145 Å². The van der Waals surface area contributed by atoms with Gasteiger partial charge in [-0.2, -0.15) is 0 Å². The predicted molar refractivity (Wildman–Crippen MR) is 95.8 cm³/mol. The van der Waals surface area contributed by atoms with Crippen molar-refractivity contribution in [3.05, 3.63) is 74.6 Å². The van der Waals surface area contributed by atoms with E-state index in [-0.39, 0.29) is 5.63 Å². The molecule has 0 aliphatic rings. The fraction of sp³-hybridized carbons (Fsp3) is 0.211. The van der Waals surface area contributed by atoms with Crippen LogP contribution in [0.3, 0.4) is 0 Å². The molecule has 0 radical (unpaired) electrons. The van der Waals surface area contributed by atoms with Crippen LogP contribution in [0.1, 0.15) is 16.7 Å². The summed E-state index contributed by atoms with van der Waals surface area (Å²) in [5.41, 5.74) is 2.99. The van der Waals surface area contributed by atoms with Crippen LogP contribution in [0.5, 0.6) is 5.75 Å². The van der Waals surface area contributed by atoms with Crippen molar-refractivity contribution in [1.29, 1.82) is 0 Å². The summed E-state index contributed by atoms with van der Waals surface area (Å²) >= 11 is 6.21. The molecule has 0 atom stereocenters. The zero-order valence-corrected chi connectivity index (χ0v) is 14.3. The molecule has 0 bridgehead atoms. The lowest BCUT2D eigenvalue weighted by atomic mass is 10.1. The van der Waals surface area contributed by atoms with Crippen molar-refractivity contribution < 1.29 is 9.15 Å². The zero-order chi connectivity index (χ0) is 17.1. The van der Waals surface area contributed by atoms with Crippen molar-refractivity contribution in [1.82, 2.24) is 5.32 Å². The number of hydrogen-bond donors (Lipinski definition) is 1. The number of para-hydroxylation sites is 1. The van der Waals surface area contributed by atoms with Crippen LogP contribution in [-0.4, -0.2) is 7.11 Å². The standard InChI is InChI=1S/C19H18ClNO3/c1-12-7-18-15(9-16(12)20)14(8-19(22)24-18)11-21-10-13-5-3-4-6-17(13)23-2/h3-9,21H,10-11H2,1-2H3. The highest BCUT2D eigenvalue weighted by molar-refractivity contribution is 6.32. The number of rotatable bonds is 5. The van der Waals surface area contributed by atoms with Crippen molar-refractivity contribution in [3.63, 3.8) is 0 Å². The molecule has 3 aromatic rings. The van der Waals surface area contributed by atoms with Crippen LogP contribution in [0.2, 0.25) is 5.02 Å². The Morgan fingerprint density at radius 2 is 1.88 bits per heavy atom. The minimum Gasteiger partial charge on any atom is -0.496 e. The third-order valence-corrected chi connectivity index (χ3v) is 4.34. The average molecular weight is 344 g/mol. The van der Waals surface area contributed by atoms with E-state index in [0.29, 0.717) is 23.7 Å². The predicted octanol–water partition coefficient (Wildman–Crippen LogP) is 4.05. The molecule has 1 aromatic heterocycles. The highest BCUT2D eigenvalue weighted by Gasteiger charge is 2.09. The van der Waals surface area contributed by atoms with Gasteiger partial charge in [0.15, 0.2) is 0 Å². The van der Waals surface area contributed by atoms with E-state index in [0.717, 1.165) is 27.8 Å². The fourth-order valence-electron chi connectivity index (χ4n) is 2.68. The molecule has 24 heavy (non-hydrogen) atoms. The van der Waals surface area contributed by atoms with E-state index in [1.807, 2.05) is 37.3 Å². The molecule has 5 heteroatoms. The number of ether oxygens (including phenoxy) is 1. The first-order chi connectivity index (χ1) is 11.6. The van der Waals surface area contributed by atoms with Crippen LogP contribution >= 0.6 is 11.6 Å². The van der Waals surface area contributed by atoms with Crippen molar-refractivity contribution in [3.8, 4) is 5.75 Å². The molecule has 2 aromatic carbocycles. The van der Waals surface area contributed by atoms with Gasteiger partial charge in [-0.05, 0) is 36.2 Å². The Bertz CT molecular complexity index is 934. The first kappa shape index (κ1) is 16.6. The molecule has 4 nitrogen and oxygen atoms in total. The second kappa shape index (κ2) is 7.07. The zero-order valence-electron chi connectivity index (χ0n) is 13.6. The summed E-state index contributed by atoms with van der Waals surface area (Å²) in [5.74, 6) is 0.834. The highest BCUT2D eigenvalue weighted by atomic mass is 35.5. The lowest BCUT2D eigenvalue weighted by molar-refractivity contribution is 0.407. The van der Waals surface area contributed by atoms with E-state index in [4.69, 9.17) is 20.8 Å². The fourth-order valence-corrected chi connectivity index (χ4v) is 2.84. The minimum absolute atomic E-state index is 0.363. The van der Waals surface area contributed by atoms with Gasteiger partial charge in [0, 0.05) is 35.1 Å². The lowest BCUT2D eigenvalue weighted by Gasteiger charge is -2.11. The van der Waals surface area contributed by atoms with Crippen molar-refractivity contribution in [2.75, 3.05) is 7.11 Å². The van der Waals surface area contributed by atoms with Crippen molar-refractivity contribution >= 4 is 22.6 Å². The van der Waals surface area contributed by atoms with Gasteiger partial charge in [-0.15, -0.1) is 0 Å². The SMILES string of the molecule is COc1ccccc1CNCc1cc(=O)oc2cc(C)c(Cl)cc12. The maximum Gasteiger partial charge on any atom is 0.336 e. The number of benzene rings is 2. The van der Waals surface area contributed by atoms with Crippen molar-refractivity contribution in [2.24, 2.45) is 0 Å². The number of halogens is 1. The van der Waals surface area contributed by atoms with Crippen LogP contribution in [0.4, 0.5) is 0 Å². The molecule has 0 saturated carbocycles. The molecule has 0 amide bonds. The molecule has 124 valence electrons. The average Bonchev–Trinajstić information content (AvgIpc) is 2.57. The first-order valence-corrected chi connectivity index (χ1v) is 8.02. The molecule has 3 rings (SSSR count). The summed E-state index contributed by atoms with van der Waals surface area (Å²) in [6.45, 7) is 3.04. The van der Waals surface area contributed by atoms with Crippen LogP contribution in [0.25, 0.3) is 11.0 Å². The van der Waals surface area contributed by atoms with Gasteiger partial charge in [0.05, 0.1) is 7.11 Å². The van der Waals surface area contributed by atoms with E-state index >= 15 is 0 Å². The molecule has 0 fully saturated rings. The minimum atomic E-state index is -0.363. The maximum absolute atomic E-state index is 11.8. The monoisotopic (exact) mass is 343 g/mol. The van der Waals surface area contributed by atoms with Crippen molar-refractivity contribution in [2.45, 2.75) is 20.0 Å². The quantitative estimate of drug-likeness (QED) is 0.710. The molecular weight excluding hydrogens is 326 g/mol. The molecule has 0 unspecified atom stereocenters. The number of fused-ring (bicyclic) bond motifs is 1. The van der Waals surface area contributed by atoms with Gasteiger partial charge in [-0.3, -0.25) is 0 Å². The smallest absolute Gasteiger partial charge is 0.336 e. The topological polar surface area (TPSA) is 51.5 Å². The Hall–Kier alpha value is -2.30. The summed E-state index contributed by atoms with van der Waals surface area (Å²) in [4.78, 5) is 11.8. The summed E-state index contributed by atoms with van der Waals surface area (Å²) < 4.78 is 10.6. The van der Waals surface area contributed by atoms with Gasteiger partial charge in [-0.1, -0.05) is 29.8 Å². The van der Waals surface area contributed by atoms with Gasteiger partial charge in [-0.25, -0.2) is 4.79 Å². The van der Waals surface area contributed by atoms with E-state index in [2.05, 4.69) is 5.32 Å². The van der Waals surface area contributed by atoms with Gasteiger partial charge < -0.3 is 14.5 Å². The molecule has 1 heterocycles. The van der Waals surface area contributed by atoms with Crippen LogP contribution in [0, 0.1) is 6.92 Å². The van der Waals surface area contributed by atoms with Gasteiger partial charge in [0.25, 0.3) is 0 Å². The maximum atomic E-state index is 11.8. The van der Waals surface area contributed by atoms with Gasteiger partial charge in [0.1, 0.15) is 11.3 Å². The second-order valence-corrected chi connectivity index (χ2v) is 6.01. The number of hydrogen-bond acceptors (Lipinski definition) is 4. The summed E-state index contributed by atoms with van der Waals surface area (Å²) in [6, 6.07) is 13.0. The molecule has 0 spiro atoms. The summed E-state index contributed by atoms with van der Waals surface area (Å²) in [7, 11) is 1.65. The van der Waals surface area contributed by atoms with E-state index in [1.165, 1.54) is 6.07 Å². The Morgan fingerprint density at radius 1 is 1.12 bits per heavy atom. The van der Waals surface area contributed by atoms with Crippen LogP contribution < -0.4 is 15.7 Å². The van der Waals surface area contributed by atoms with E-state index < -0.39 is 0 Å². The Kier molecular flexibility index (Phi) is 4.88. The molecule has 1 N–H and O–H groups in total. The summed E-state index contributed by atoms with van der Waals surface area (Å²) in [6.07, 6.45) is 0. The number of methoxy groups -OCH3 is 1. The van der Waals surface area contributed by atoms with Gasteiger partial charge in [0.2, 0.25) is 0 Å². The highest BCUT2D eigenvalue weighted by Crippen LogP contribution is 2.25. The first-order valence-electron chi connectivity index (χ1n) is 7.64. The largest absolute Gasteiger partial charge is 0.496 e. The van der Waals surface area contributed by atoms with E-state index in [1.54, 1.807) is 13.2 Å². The molecule has 0 aliphatic heterocycles. The van der Waals surface area contributed by atoms with Gasteiger partial charge >= 0.3 is 5.63 Å². The normalized spacial score (nSPS) is 11.0. The molecule has 0 aliphatic carbocycles. The molecular formula is C19H18ClNO3. The number of aryl methyl sites for hydroxylation is 1. The third-order valence-electron chi connectivity index (χ3n) is 3.93. The van der Waals surface area contributed by atoms with Crippen LogP contribution in [-0.2, 0) is 13.1 Å². The van der Waals surface area contributed by atoms with E-state index in [9.17, 15) is 4.79 Å². The molecule has 0 saturated heterocycles. The second-order valence-electron chi connectivity index (χ2n) is 5.60. The number of nitrogens with one attached hydrogen (secondary N) is 1. The summed E-state index contributed by atoms with van der Waals surface area (Å²) in [5, 5.41) is 4.84. The van der Waals surface area contributed by atoms with Crippen LogP contribution in [0.15, 0.2) is 51.7 Å². The Morgan fingerprint density at radius 3 is 2.67 bits per heavy atom. The Balaban J connectivity index is 1.85. The lowest BCUT2D eigenvalue weighted by Crippen LogP contribution is -2.15. The third kappa shape index (κ3) is 3.45.